The van der Waals surface area contributed by atoms with Crippen molar-refractivity contribution in [3.8, 4) is 0 Å². The summed E-state index contributed by atoms with van der Waals surface area (Å²) in [6.07, 6.45) is 4.05. The van der Waals surface area contributed by atoms with E-state index < -0.39 is 8.80 Å². The van der Waals surface area contributed by atoms with Gasteiger partial charge in [0.25, 0.3) is 0 Å². The molecule has 7 heteroatoms. The minimum Gasteiger partial charge on any atom is -0.391 e. The van der Waals surface area contributed by atoms with Crippen LogP contribution in [0.3, 0.4) is 0 Å². The Morgan fingerprint density at radius 3 is 2.16 bits per heavy atom. The zero-order valence-corrected chi connectivity index (χ0v) is 18.1. The molecule has 3 atom stereocenters. The van der Waals surface area contributed by atoms with Crippen molar-refractivity contribution in [1.82, 2.24) is 4.90 Å². The van der Waals surface area contributed by atoms with Crippen molar-refractivity contribution in [1.29, 1.82) is 0 Å². The van der Waals surface area contributed by atoms with E-state index in [-0.39, 0.29) is 6.10 Å². The highest BCUT2D eigenvalue weighted by Gasteiger charge is 2.42. The summed E-state index contributed by atoms with van der Waals surface area (Å²) in [5, 5.41) is 10.5. The van der Waals surface area contributed by atoms with Gasteiger partial charge in [0.15, 0.2) is 0 Å². The molecule has 1 saturated heterocycles. The number of hydrogen-bond acceptors (Lipinski definition) is 6. The van der Waals surface area contributed by atoms with Gasteiger partial charge in [-0.1, -0.05) is 0 Å². The minimum absolute atomic E-state index is 0.160. The van der Waals surface area contributed by atoms with Gasteiger partial charge in [0.2, 0.25) is 0 Å². The number of nitrogens with zero attached hydrogens (tertiary/aromatic N) is 1. The van der Waals surface area contributed by atoms with Crippen LogP contribution in [-0.2, 0) is 13.3 Å². The first kappa shape index (κ1) is 21.7. The first-order valence-electron chi connectivity index (χ1n) is 10.1. The van der Waals surface area contributed by atoms with Crippen molar-refractivity contribution in [2.75, 3.05) is 44.4 Å². The maximum Gasteiger partial charge on any atom is 0.500 e. The van der Waals surface area contributed by atoms with E-state index in [0.29, 0.717) is 31.8 Å². The van der Waals surface area contributed by atoms with Gasteiger partial charge in [-0.05, 0) is 52.4 Å². The Balaban J connectivity index is 1.91. The second-order valence-corrected chi connectivity index (χ2v) is 10.9. The molecule has 0 radical (unpaired) electrons. The van der Waals surface area contributed by atoms with E-state index in [1.54, 1.807) is 0 Å². The zero-order valence-electron chi connectivity index (χ0n) is 16.2. The predicted octanol–water partition coefficient (Wildman–Crippen LogP) is 3.00. The molecule has 0 aromatic rings. The van der Waals surface area contributed by atoms with Crippen LogP contribution in [0.25, 0.3) is 0 Å². The number of thioether (sulfide) groups is 1. The van der Waals surface area contributed by atoms with Crippen LogP contribution >= 0.6 is 11.8 Å². The molecule has 3 unspecified atom stereocenters. The van der Waals surface area contributed by atoms with Gasteiger partial charge in [0.05, 0.1) is 6.10 Å². The molecule has 1 heterocycles. The van der Waals surface area contributed by atoms with Gasteiger partial charge in [0, 0.05) is 56.5 Å². The highest BCUT2D eigenvalue weighted by Crippen LogP contribution is 2.34. The average Bonchev–Trinajstić information content (AvgIpc) is 2.62. The van der Waals surface area contributed by atoms with Crippen LogP contribution < -0.4 is 0 Å². The lowest BCUT2D eigenvalue weighted by atomic mass is 9.81. The first-order chi connectivity index (χ1) is 12.1. The molecule has 0 aromatic heterocycles. The summed E-state index contributed by atoms with van der Waals surface area (Å²) >= 11 is 2.03. The lowest BCUT2D eigenvalue weighted by Gasteiger charge is -2.42. The molecule has 1 saturated carbocycles. The molecule has 0 bridgehead atoms. The fourth-order valence-corrected chi connectivity index (χ4v) is 7.86. The number of aliphatic hydroxyl groups excluding tert-OH is 1. The van der Waals surface area contributed by atoms with Gasteiger partial charge in [-0.25, -0.2) is 0 Å². The number of rotatable bonds is 10. The predicted molar refractivity (Wildman–Crippen MR) is 106 cm³/mol. The van der Waals surface area contributed by atoms with Crippen molar-refractivity contribution in [3.05, 3.63) is 0 Å². The maximum absolute atomic E-state index is 10.5. The molecule has 2 rings (SSSR count). The Hall–Kier alpha value is 0.367. The normalized spacial score (nSPS) is 29.0. The lowest BCUT2D eigenvalue weighted by Crippen LogP contribution is -2.51. The maximum atomic E-state index is 10.5. The van der Waals surface area contributed by atoms with Crippen LogP contribution in [0.4, 0.5) is 0 Å². The number of hydrogen-bond donors (Lipinski definition) is 1. The van der Waals surface area contributed by atoms with Crippen LogP contribution in [0.5, 0.6) is 0 Å². The van der Waals surface area contributed by atoms with Gasteiger partial charge in [-0.3, -0.25) is 4.90 Å². The summed E-state index contributed by atoms with van der Waals surface area (Å²) in [6.45, 7) is 10.2. The van der Waals surface area contributed by atoms with E-state index in [9.17, 15) is 5.11 Å². The third kappa shape index (κ3) is 6.48. The summed E-state index contributed by atoms with van der Waals surface area (Å²) in [5.74, 6) is 3.03. The molecule has 5 nitrogen and oxygen atoms in total. The fraction of sp³-hybridized carbons (Fsp3) is 1.00. The smallest absolute Gasteiger partial charge is 0.391 e. The minimum atomic E-state index is -2.54. The molecule has 1 aliphatic carbocycles. The Morgan fingerprint density at radius 1 is 1.00 bits per heavy atom. The number of aliphatic hydroxyl groups is 1. The molecular formula is C18H37NO4SSi. The Bertz CT molecular complexity index is 354. The Morgan fingerprint density at radius 2 is 1.60 bits per heavy atom. The van der Waals surface area contributed by atoms with Gasteiger partial charge in [-0.15, -0.1) is 0 Å². The summed E-state index contributed by atoms with van der Waals surface area (Å²) in [4.78, 5) is 2.52. The van der Waals surface area contributed by atoms with Gasteiger partial charge >= 0.3 is 8.80 Å². The van der Waals surface area contributed by atoms with Gasteiger partial charge < -0.3 is 18.4 Å². The highest BCUT2D eigenvalue weighted by atomic mass is 32.2. The van der Waals surface area contributed by atoms with Crippen molar-refractivity contribution in [3.63, 3.8) is 0 Å². The van der Waals surface area contributed by atoms with E-state index in [4.69, 9.17) is 13.3 Å². The average molecular weight is 392 g/mol. The zero-order chi connectivity index (χ0) is 18.1. The molecular weight excluding hydrogens is 354 g/mol. The van der Waals surface area contributed by atoms with Gasteiger partial charge in [-0.2, -0.15) is 11.8 Å². The van der Waals surface area contributed by atoms with Crippen LogP contribution in [0.2, 0.25) is 6.04 Å². The van der Waals surface area contributed by atoms with E-state index in [1.165, 1.54) is 11.5 Å². The molecule has 25 heavy (non-hydrogen) atoms. The fourth-order valence-electron chi connectivity index (χ4n) is 4.16. The molecule has 2 fully saturated rings. The van der Waals surface area contributed by atoms with Crippen molar-refractivity contribution in [2.45, 2.75) is 64.6 Å². The Labute approximate surface area is 159 Å². The van der Waals surface area contributed by atoms with Crippen LogP contribution in [0.1, 0.15) is 46.5 Å². The molecule has 148 valence electrons. The highest BCUT2D eigenvalue weighted by molar-refractivity contribution is 7.99. The summed E-state index contributed by atoms with van der Waals surface area (Å²) in [7, 11) is -2.54. The van der Waals surface area contributed by atoms with Crippen LogP contribution in [-0.4, -0.2) is 75.4 Å². The standard InChI is InChI=1S/C18H37NO4SSi/c1-4-21-25(22-5-2,23-6-3)14-9-16-7-8-18(20)17(15-16)19-10-12-24-13-11-19/h16-18,20H,4-15H2,1-3H3. The monoisotopic (exact) mass is 391 g/mol. The molecule has 0 amide bonds. The summed E-state index contributed by atoms with van der Waals surface area (Å²) in [5.41, 5.74) is 0. The lowest BCUT2D eigenvalue weighted by molar-refractivity contribution is 0.00501. The summed E-state index contributed by atoms with van der Waals surface area (Å²) in [6, 6.07) is 1.23. The SMILES string of the molecule is CCO[Si](CCC1CCC(O)C(N2CCSCC2)C1)(OCC)OCC. The molecule has 0 spiro atoms. The van der Waals surface area contributed by atoms with Crippen molar-refractivity contribution >= 4 is 20.6 Å². The summed E-state index contributed by atoms with van der Waals surface area (Å²) < 4.78 is 18.0. The van der Waals surface area contributed by atoms with Gasteiger partial charge in [0.1, 0.15) is 0 Å². The van der Waals surface area contributed by atoms with E-state index >= 15 is 0 Å². The molecule has 1 aliphatic heterocycles. The molecule has 2 aliphatic rings. The van der Waals surface area contributed by atoms with Crippen molar-refractivity contribution in [2.24, 2.45) is 5.92 Å². The van der Waals surface area contributed by atoms with E-state index in [1.807, 2.05) is 32.5 Å². The third-order valence-electron chi connectivity index (χ3n) is 5.36. The molecule has 0 aromatic carbocycles. The van der Waals surface area contributed by atoms with Crippen LogP contribution in [0.15, 0.2) is 0 Å². The van der Waals surface area contributed by atoms with E-state index in [0.717, 1.165) is 44.8 Å². The molecule has 1 N–H and O–H groups in total. The third-order valence-corrected chi connectivity index (χ3v) is 9.38. The largest absolute Gasteiger partial charge is 0.500 e. The topological polar surface area (TPSA) is 51.2 Å². The van der Waals surface area contributed by atoms with Crippen LogP contribution in [0, 0.1) is 5.92 Å². The second-order valence-electron chi connectivity index (χ2n) is 6.98. The quantitative estimate of drug-likeness (QED) is 0.578. The Kier molecular flexibility index (Phi) is 9.76. The van der Waals surface area contributed by atoms with Crippen molar-refractivity contribution < 1.29 is 18.4 Å². The second kappa shape index (κ2) is 11.3. The van der Waals surface area contributed by atoms with E-state index in [2.05, 4.69) is 4.90 Å². The first-order valence-corrected chi connectivity index (χ1v) is 13.1.